The fraction of sp³-hybridized carbons (Fsp3) is 0.400. The van der Waals surface area contributed by atoms with Crippen LogP contribution in [0.25, 0.3) is 10.1 Å². The fourth-order valence-corrected chi connectivity index (χ4v) is 3.77. The number of carbonyl (C=O) groups is 1. The molecule has 2 atom stereocenters. The summed E-state index contributed by atoms with van der Waals surface area (Å²) in [4.78, 5) is 15.4. The molecule has 3 rings (SSSR count). The van der Waals surface area contributed by atoms with E-state index in [1.54, 1.807) is 11.3 Å². The van der Waals surface area contributed by atoms with Crippen LogP contribution in [0.2, 0.25) is 0 Å². The Morgan fingerprint density at radius 2 is 1.90 bits per heavy atom. The smallest absolute Gasteiger partial charge is 0.264 e. The second kappa shape index (κ2) is 6.12. The maximum Gasteiger partial charge on any atom is 0.264 e. The van der Waals surface area contributed by atoms with Gasteiger partial charge in [0.25, 0.3) is 5.91 Å². The van der Waals surface area contributed by atoms with Gasteiger partial charge < -0.3 is 10.2 Å². The Hall–Kier alpha value is -1.10. The zero-order valence-corrected chi connectivity index (χ0v) is 13.3. The normalized spacial score (nSPS) is 22.6. The van der Waals surface area contributed by atoms with Crippen LogP contribution in [0.3, 0.4) is 0 Å². The number of halogens is 1. The lowest BCUT2D eigenvalue weighted by atomic mass is 10.1. The van der Waals surface area contributed by atoms with E-state index in [-0.39, 0.29) is 18.3 Å². The molecule has 2 aromatic rings. The summed E-state index contributed by atoms with van der Waals surface area (Å²) >= 11 is 1.59. The summed E-state index contributed by atoms with van der Waals surface area (Å²) in [5.41, 5.74) is 0. The van der Waals surface area contributed by atoms with Crippen LogP contribution in [0.4, 0.5) is 0 Å². The molecular weight excluding hydrogens is 292 g/mol. The van der Waals surface area contributed by atoms with Crippen LogP contribution in [0.15, 0.2) is 30.3 Å². The lowest BCUT2D eigenvalue weighted by Gasteiger charge is -2.35. The van der Waals surface area contributed by atoms with Crippen molar-refractivity contribution in [2.24, 2.45) is 0 Å². The standard InChI is InChI=1S/C15H18N2OS.ClH/c1-10-8-17(9-11(2)16-10)15(18)14-7-12-5-3-4-6-13(12)19-14;/h3-7,10-11,16H,8-9H2,1-2H3;1H. The first-order valence-corrected chi connectivity index (χ1v) is 7.49. The highest BCUT2D eigenvalue weighted by molar-refractivity contribution is 7.20. The van der Waals surface area contributed by atoms with E-state index in [9.17, 15) is 4.79 Å². The number of hydrogen-bond donors (Lipinski definition) is 1. The van der Waals surface area contributed by atoms with Crippen molar-refractivity contribution in [2.75, 3.05) is 13.1 Å². The molecule has 2 heterocycles. The van der Waals surface area contributed by atoms with Crippen LogP contribution in [0.1, 0.15) is 23.5 Å². The molecule has 0 aliphatic carbocycles. The van der Waals surface area contributed by atoms with Gasteiger partial charge in [-0.25, -0.2) is 0 Å². The third kappa shape index (κ3) is 2.97. The number of nitrogens with zero attached hydrogens (tertiary/aromatic N) is 1. The molecule has 0 bridgehead atoms. The molecule has 1 fully saturated rings. The molecular formula is C15H19ClN2OS. The van der Waals surface area contributed by atoms with Gasteiger partial charge in [0.2, 0.25) is 0 Å². The number of nitrogens with one attached hydrogen (secondary N) is 1. The molecule has 108 valence electrons. The van der Waals surface area contributed by atoms with Gasteiger partial charge in [-0.05, 0) is 31.4 Å². The first-order chi connectivity index (χ1) is 9.13. The maximum atomic E-state index is 12.6. The molecule has 0 spiro atoms. The van der Waals surface area contributed by atoms with Gasteiger partial charge in [0.1, 0.15) is 0 Å². The molecule has 1 N–H and O–H groups in total. The van der Waals surface area contributed by atoms with Crippen molar-refractivity contribution in [3.63, 3.8) is 0 Å². The second-order valence-corrected chi connectivity index (χ2v) is 6.41. The van der Waals surface area contributed by atoms with E-state index < -0.39 is 0 Å². The summed E-state index contributed by atoms with van der Waals surface area (Å²) in [7, 11) is 0. The molecule has 1 aliphatic heterocycles. The van der Waals surface area contributed by atoms with E-state index in [0.29, 0.717) is 12.1 Å². The lowest BCUT2D eigenvalue weighted by molar-refractivity contribution is 0.0679. The molecule has 1 saturated heterocycles. The van der Waals surface area contributed by atoms with Crippen molar-refractivity contribution in [2.45, 2.75) is 25.9 Å². The number of carbonyl (C=O) groups excluding carboxylic acids is 1. The quantitative estimate of drug-likeness (QED) is 0.877. The summed E-state index contributed by atoms with van der Waals surface area (Å²) in [5, 5.41) is 4.61. The summed E-state index contributed by atoms with van der Waals surface area (Å²) in [6.07, 6.45) is 0. The van der Waals surface area contributed by atoms with Crippen LogP contribution in [-0.2, 0) is 0 Å². The molecule has 0 saturated carbocycles. The average Bonchev–Trinajstić information content (AvgIpc) is 2.80. The summed E-state index contributed by atoms with van der Waals surface area (Å²) < 4.78 is 1.18. The minimum Gasteiger partial charge on any atom is -0.335 e. The van der Waals surface area contributed by atoms with Gasteiger partial charge in [0.15, 0.2) is 0 Å². The predicted octanol–water partition coefficient (Wildman–Crippen LogP) is 3.15. The number of piperazine rings is 1. The summed E-state index contributed by atoms with van der Waals surface area (Å²) in [6.45, 7) is 5.83. The maximum absolute atomic E-state index is 12.6. The first kappa shape index (κ1) is 15.3. The predicted molar refractivity (Wildman–Crippen MR) is 87.0 cm³/mol. The van der Waals surface area contributed by atoms with E-state index in [4.69, 9.17) is 0 Å². The minimum atomic E-state index is 0. The van der Waals surface area contributed by atoms with Gasteiger partial charge in [-0.2, -0.15) is 0 Å². The third-order valence-electron chi connectivity index (χ3n) is 3.48. The van der Waals surface area contributed by atoms with Crippen molar-refractivity contribution < 1.29 is 4.79 Å². The van der Waals surface area contributed by atoms with E-state index in [1.165, 1.54) is 4.70 Å². The van der Waals surface area contributed by atoms with Crippen LogP contribution in [-0.4, -0.2) is 36.0 Å². The first-order valence-electron chi connectivity index (χ1n) is 6.67. The lowest BCUT2D eigenvalue weighted by Crippen LogP contribution is -2.55. The van der Waals surface area contributed by atoms with Gasteiger partial charge >= 0.3 is 0 Å². The molecule has 1 aromatic heterocycles. The number of thiophene rings is 1. The Morgan fingerprint density at radius 3 is 2.55 bits per heavy atom. The molecule has 1 amide bonds. The van der Waals surface area contributed by atoms with Gasteiger partial charge in [0.05, 0.1) is 4.88 Å². The highest BCUT2D eigenvalue weighted by atomic mass is 35.5. The summed E-state index contributed by atoms with van der Waals surface area (Å²) in [5.74, 6) is 0.168. The molecule has 2 unspecified atom stereocenters. The van der Waals surface area contributed by atoms with E-state index in [0.717, 1.165) is 23.4 Å². The number of benzene rings is 1. The van der Waals surface area contributed by atoms with Crippen molar-refractivity contribution in [3.8, 4) is 0 Å². The monoisotopic (exact) mass is 310 g/mol. The van der Waals surface area contributed by atoms with Gasteiger partial charge in [-0.15, -0.1) is 23.7 Å². The largest absolute Gasteiger partial charge is 0.335 e. The van der Waals surface area contributed by atoms with E-state index >= 15 is 0 Å². The number of hydrogen-bond acceptors (Lipinski definition) is 3. The van der Waals surface area contributed by atoms with E-state index in [1.807, 2.05) is 23.1 Å². The Kier molecular flexibility index (Phi) is 4.68. The molecule has 5 heteroatoms. The summed E-state index contributed by atoms with van der Waals surface area (Å²) in [6, 6.07) is 10.9. The fourth-order valence-electron chi connectivity index (χ4n) is 2.74. The Labute approximate surface area is 129 Å². The molecule has 1 aliphatic rings. The zero-order valence-electron chi connectivity index (χ0n) is 11.6. The van der Waals surface area contributed by atoms with Crippen molar-refractivity contribution >= 4 is 39.7 Å². The molecule has 3 nitrogen and oxygen atoms in total. The van der Waals surface area contributed by atoms with Gasteiger partial charge in [-0.1, -0.05) is 18.2 Å². The number of amides is 1. The van der Waals surface area contributed by atoms with Crippen LogP contribution < -0.4 is 5.32 Å². The van der Waals surface area contributed by atoms with Gasteiger partial charge in [-0.3, -0.25) is 4.79 Å². The SMILES string of the molecule is CC1CN(C(=O)c2cc3ccccc3s2)CC(C)N1.Cl. The van der Waals surface area contributed by atoms with Crippen molar-refractivity contribution in [1.29, 1.82) is 0 Å². The highest BCUT2D eigenvalue weighted by Crippen LogP contribution is 2.26. The number of rotatable bonds is 1. The average molecular weight is 311 g/mol. The third-order valence-corrected chi connectivity index (χ3v) is 4.59. The Morgan fingerprint density at radius 1 is 1.25 bits per heavy atom. The zero-order chi connectivity index (χ0) is 13.4. The minimum absolute atomic E-state index is 0. The van der Waals surface area contributed by atoms with Crippen molar-refractivity contribution in [3.05, 3.63) is 35.2 Å². The number of fused-ring (bicyclic) bond motifs is 1. The molecule has 20 heavy (non-hydrogen) atoms. The van der Waals surface area contributed by atoms with Crippen LogP contribution in [0, 0.1) is 0 Å². The van der Waals surface area contributed by atoms with E-state index in [2.05, 4.69) is 31.3 Å². The second-order valence-electron chi connectivity index (χ2n) is 5.33. The topological polar surface area (TPSA) is 32.3 Å². The Balaban J connectivity index is 0.00000147. The van der Waals surface area contributed by atoms with Crippen molar-refractivity contribution in [1.82, 2.24) is 10.2 Å². The Bertz CT molecular complexity index is 570. The van der Waals surface area contributed by atoms with Crippen LogP contribution >= 0.6 is 23.7 Å². The molecule has 1 aromatic carbocycles. The molecule has 0 radical (unpaired) electrons. The highest BCUT2D eigenvalue weighted by Gasteiger charge is 2.26. The van der Waals surface area contributed by atoms with Gasteiger partial charge in [0, 0.05) is 29.9 Å². The van der Waals surface area contributed by atoms with Crippen LogP contribution in [0.5, 0.6) is 0 Å².